The van der Waals surface area contributed by atoms with E-state index >= 15 is 0 Å². The summed E-state index contributed by atoms with van der Waals surface area (Å²) in [6, 6.07) is 5.84. The van der Waals surface area contributed by atoms with Gasteiger partial charge in [-0.1, -0.05) is 0 Å². The first-order valence-corrected chi connectivity index (χ1v) is 12.2. The molecule has 3 fully saturated rings. The molecule has 0 bridgehead atoms. The van der Waals surface area contributed by atoms with Crippen molar-refractivity contribution in [2.75, 3.05) is 59.1 Å². The molecule has 1 aromatic rings. The average Bonchev–Trinajstić information content (AvgIpc) is 3.27. The number of hydrogen-bond acceptors (Lipinski definition) is 5. The van der Waals surface area contributed by atoms with Crippen molar-refractivity contribution in [1.29, 1.82) is 0 Å². The Balaban J connectivity index is 1.42. The summed E-state index contributed by atoms with van der Waals surface area (Å²) in [5.74, 6) is 0.364. The number of likely N-dealkylation sites (tertiary alicyclic amines) is 2. The Morgan fingerprint density at radius 2 is 1.76 bits per heavy atom. The molecule has 0 aliphatic carbocycles. The van der Waals surface area contributed by atoms with Gasteiger partial charge in [0.15, 0.2) is 0 Å². The molecular weight excluding hydrogens is 441 g/mol. The van der Waals surface area contributed by atoms with E-state index in [1.165, 1.54) is 12.1 Å². The topological polar surface area (TPSA) is 79.4 Å². The molecule has 0 aromatic heterocycles. The number of hydrogen-bond donors (Lipinski definition) is 0. The van der Waals surface area contributed by atoms with E-state index in [0.717, 1.165) is 25.8 Å². The van der Waals surface area contributed by atoms with Crippen molar-refractivity contribution in [2.45, 2.75) is 38.5 Å². The third-order valence-corrected chi connectivity index (χ3v) is 7.03. The number of nitrogens with zero attached hydrogens (tertiary/aromatic N) is 3. The molecule has 3 saturated heterocycles. The fourth-order valence-electron chi connectivity index (χ4n) is 5.08. The number of benzene rings is 1. The molecule has 9 heteroatoms. The van der Waals surface area contributed by atoms with Crippen LogP contribution >= 0.6 is 0 Å². The highest BCUT2D eigenvalue weighted by atomic mass is 19.1. The lowest BCUT2D eigenvalue weighted by molar-refractivity contribution is -0.144. The standard InChI is InChI=1S/C25H34FN3O5/c26-20-4-6-21(7-5-20)34-19-25(17-24(32)28-13-15-33-16-14-28)9-2-11-29(18-25)23(31)8-12-27-10-1-3-22(27)30/h4-7H,1-3,8-19H2/t25-/m0/s1. The summed E-state index contributed by atoms with van der Waals surface area (Å²) in [6.45, 7) is 4.70. The van der Waals surface area contributed by atoms with E-state index in [-0.39, 0.29) is 43.0 Å². The Morgan fingerprint density at radius 1 is 1.00 bits per heavy atom. The smallest absolute Gasteiger partial charge is 0.224 e. The normalized spacial score (nSPS) is 23.3. The molecule has 3 heterocycles. The van der Waals surface area contributed by atoms with Crippen molar-refractivity contribution in [3.8, 4) is 5.75 Å². The van der Waals surface area contributed by atoms with Crippen molar-refractivity contribution in [3.05, 3.63) is 30.1 Å². The van der Waals surface area contributed by atoms with Crippen molar-refractivity contribution in [1.82, 2.24) is 14.7 Å². The Kier molecular flexibility index (Phi) is 8.03. The van der Waals surface area contributed by atoms with Gasteiger partial charge in [-0.05, 0) is 43.5 Å². The minimum absolute atomic E-state index is 0.00405. The number of halogens is 1. The van der Waals surface area contributed by atoms with Crippen LogP contribution in [0.25, 0.3) is 0 Å². The summed E-state index contributed by atoms with van der Waals surface area (Å²) in [7, 11) is 0. The minimum atomic E-state index is -0.527. The van der Waals surface area contributed by atoms with Gasteiger partial charge in [-0.2, -0.15) is 0 Å². The van der Waals surface area contributed by atoms with Gasteiger partial charge in [0.25, 0.3) is 0 Å². The van der Waals surface area contributed by atoms with Crippen LogP contribution in [-0.2, 0) is 19.1 Å². The number of morpholine rings is 1. The number of rotatable bonds is 8. The number of amides is 3. The van der Waals surface area contributed by atoms with Crippen molar-refractivity contribution < 1.29 is 28.2 Å². The van der Waals surface area contributed by atoms with Gasteiger partial charge < -0.3 is 24.2 Å². The van der Waals surface area contributed by atoms with Gasteiger partial charge >= 0.3 is 0 Å². The van der Waals surface area contributed by atoms with Crippen LogP contribution in [-0.4, -0.2) is 91.5 Å². The SMILES string of the molecule is O=C1CCCN1CCC(=O)N1CCC[C@](COc2ccc(F)cc2)(CC(=O)N2CCOCC2)C1. The molecular formula is C25H34FN3O5. The Bertz CT molecular complexity index is 874. The summed E-state index contributed by atoms with van der Waals surface area (Å²) in [4.78, 5) is 43.5. The van der Waals surface area contributed by atoms with Gasteiger partial charge in [-0.25, -0.2) is 4.39 Å². The molecule has 3 aliphatic rings. The van der Waals surface area contributed by atoms with Gasteiger partial charge in [0.2, 0.25) is 17.7 Å². The van der Waals surface area contributed by atoms with E-state index in [2.05, 4.69) is 0 Å². The quantitative estimate of drug-likeness (QED) is 0.575. The lowest BCUT2D eigenvalue weighted by atomic mass is 9.77. The molecule has 0 radical (unpaired) electrons. The van der Waals surface area contributed by atoms with Crippen LogP contribution in [0.3, 0.4) is 0 Å². The van der Waals surface area contributed by atoms with E-state index in [9.17, 15) is 18.8 Å². The maximum absolute atomic E-state index is 13.3. The van der Waals surface area contributed by atoms with Crippen LogP contribution < -0.4 is 4.74 Å². The molecule has 0 saturated carbocycles. The summed E-state index contributed by atoms with van der Waals surface area (Å²) < 4.78 is 24.7. The second kappa shape index (κ2) is 11.2. The predicted molar refractivity (Wildman–Crippen MR) is 123 cm³/mol. The molecule has 3 aliphatic heterocycles. The van der Waals surface area contributed by atoms with Crippen LogP contribution in [0.1, 0.15) is 38.5 Å². The van der Waals surface area contributed by atoms with Gasteiger partial charge in [-0.15, -0.1) is 0 Å². The molecule has 1 atom stereocenters. The van der Waals surface area contributed by atoms with Crippen LogP contribution in [0.5, 0.6) is 5.75 Å². The zero-order valence-corrected chi connectivity index (χ0v) is 19.7. The second-order valence-corrected chi connectivity index (χ2v) is 9.57. The highest BCUT2D eigenvalue weighted by Gasteiger charge is 2.41. The fourth-order valence-corrected chi connectivity index (χ4v) is 5.08. The molecule has 186 valence electrons. The van der Waals surface area contributed by atoms with E-state index in [1.54, 1.807) is 17.0 Å². The largest absolute Gasteiger partial charge is 0.493 e. The third-order valence-electron chi connectivity index (χ3n) is 7.03. The van der Waals surface area contributed by atoms with Gasteiger partial charge in [0.1, 0.15) is 11.6 Å². The van der Waals surface area contributed by atoms with Crippen molar-refractivity contribution in [2.24, 2.45) is 5.41 Å². The fraction of sp³-hybridized carbons (Fsp3) is 0.640. The summed E-state index contributed by atoms with van der Waals surface area (Å²) in [5.41, 5.74) is -0.527. The Morgan fingerprint density at radius 3 is 2.47 bits per heavy atom. The van der Waals surface area contributed by atoms with Gasteiger partial charge in [0, 0.05) is 63.9 Å². The highest BCUT2D eigenvalue weighted by molar-refractivity contribution is 5.81. The van der Waals surface area contributed by atoms with Crippen molar-refractivity contribution >= 4 is 17.7 Å². The molecule has 0 spiro atoms. The molecule has 3 amide bonds. The summed E-state index contributed by atoms with van der Waals surface area (Å²) in [5, 5.41) is 0. The van der Waals surface area contributed by atoms with E-state index in [4.69, 9.17) is 9.47 Å². The highest BCUT2D eigenvalue weighted by Crippen LogP contribution is 2.35. The molecule has 0 unspecified atom stereocenters. The van der Waals surface area contributed by atoms with E-state index in [1.807, 2.05) is 9.80 Å². The molecule has 8 nitrogen and oxygen atoms in total. The first-order chi connectivity index (χ1) is 16.4. The van der Waals surface area contributed by atoms with Gasteiger partial charge in [-0.3, -0.25) is 14.4 Å². The van der Waals surface area contributed by atoms with E-state index < -0.39 is 5.41 Å². The number of carbonyl (C=O) groups excluding carboxylic acids is 3. The van der Waals surface area contributed by atoms with Gasteiger partial charge in [0.05, 0.1) is 19.8 Å². The van der Waals surface area contributed by atoms with Crippen LogP contribution in [0.15, 0.2) is 24.3 Å². The summed E-state index contributed by atoms with van der Waals surface area (Å²) >= 11 is 0. The predicted octanol–water partition coefficient (Wildman–Crippen LogP) is 2.07. The average molecular weight is 476 g/mol. The lowest BCUT2D eigenvalue weighted by Gasteiger charge is -2.43. The third kappa shape index (κ3) is 6.25. The van der Waals surface area contributed by atoms with Crippen molar-refractivity contribution in [3.63, 3.8) is 0 Å². The summed E-state index contributed by atoms with van der Waals surface area (Å²) in [6.07, 6.45) is 3.52. The molecule has 34 heavy (non-hydrogen) atoms. The zero-order chi connectivity index (χ0) is 24.0. The maximum atomic E-state index is 13.3. The second-order valence-electron chi connectivity index (χ2n) is 9.57. The first kappa shape index (κ1) is 24.4. The maximum Gasteiger partial charge on any atom is 0.224 e. The van der Waals surface area contributed by atoms with Crippen LogP contribution in [0, 0.1) is 11.2 Å². The number of piperidine rings is 1. The number of carbonyl (C=O) groups is 3. The lowest BCUT2D eigenvalue weighted by Crippen LogP contribution is -2.52. The Hall–Kier alpha value is -2.68. The Labute approximate surface area is 200 Å². The molecule has 4 rings (SSSR count). The molecule has 0 N–H and O–H groups in total. The van der Waals surface area contributed by atoms with Crippen LogP contribution in [0.4, 0.5) is 4.39 Å². The first-order valence-electron chi connectivity index (χ1n) is 12.2. The van der Waals surface area contributed by atoms with E-state index in [0.29, 0.717) is 58.1 Å². The monoisotopic (exact) mass is 475 g/mol. The number of ether oxygens (including phenoxy) is 2. The molecule has 1 aromatic carbocycles. The van der Waals surface area contributed by atoms with Crippen LogP contribution in [0.2, 0.25) is 0 Å². The minimum Gasteiger partial charge on any atom is -0.493 e. The zero-order valence-electron chi connectivity index (χ0n) is 19.7.